The summed E-state index contributed by atoms with van der Waals surface area (Å²) in [4.78, 5) is 0. The third-order valence-electron chi connectivity index (χ3n) is 1.98. The predicted molar refractivity (Wildman–Crippen MR) is 57.9 cm³/mol. The molecule has 0 unspecified atom stereocenters. The maximum absolute atomic E-state index is 12.6. The zero-order valence-corrected chi connectivity index (χ0v) is 9.23. The van der Waals surface area contributed by atoms with E-state index in [0.29, 0.717) is 17.7 Å². The number of benzene rings is 1. The average Bonchev–Trinajstić information content (AvgIpc) is 2.15. The van der Waals surface area contributed by atoms with Crippen LogP contribution < -0.4 is 5.73 Å². The highest BCUT2D eigenvalue weighted by Crippen LogP contribution is 2.26. The van der Waals surface area contributed by atoms with E-state index in [1.54, 1.807) is 12.1 Å². The lowest BCUT2D eigenvalue weighted by atomic mass is 10.0. The van der Waals surface area contributed by atoms with Crippen LogP contribution in [-0.2, 0) is 6.42 Å². The number of hydrogen-bond donors (Lipinski definition) is 1. The summed E-state index contributed by atoms with van der Waals surface area (Å²) in [6.45, 7) is 0. The van der Waals surface area contributed by atoms with Crippen molar-refractivity contribution in [1.82, 2.24) is 0 Å². The molecule has 14 heavy (non-hydrogen) atoms. The van der Waals surface area contributed by atoms with Crippen molar-refractivity contribution >= 4 is 21.6 Å². The van der Waals surface area contributed by atoms with E-state index in [2.05, 4.69) is 15.9 Å². The van der Waals surface area contributed by atoms with Crippen LogP contribution in [0.2, 0.25) is 0 Å². The van der Waals surface area contributed by atoms with Gasteiger partial charge < -0.3 is 5.73 Å². The van der Waals surface area contributed by atoms with E-state index >= 15 is 0 Å². The maximum Gasteiger partial charge on any atom is 0.264 e. The number of nitrogens with two attached hydrogens (primary N) is 1. The lowest BCUT2D eigenvalue weighted by Crippen LogP contribution is -1.97. The molecule has 1 nitrogen and oxygen atoms in total. The molecule has 78 valence electrons. The quantitative estimate of drug-likeness (QED) is 0.653. The number of anilines is 1. The fraction of sp³-hybridized carbons (Fsp3) is 0.400. The smallest absolute Gasteiger partial charge is 0.264 e. The van der Waals surface area contributed by atoms with Crippen molar-refractivity contribution in [2.45, 2.75) is 19.3 Å². The summed E-state index contributed by atoms with van der Waals surface area (Å²) in [5, 5.41) is 0.819. The summed E-state index contributed by atoms with van der Waals surface area (Å²) in [7, 11) is 0. The molecule has 0 saturated heterocycles. The largest absolute Gasteiger partial charge is 0.399 e. The lowest BCUT2D eigenvalue weighted by molar-refractivity contribution is 0.150. The van der Waals surface area contributed by atoms with Crippen LogP contribution in [0, 0.1) is 0 Å². The van der Waals surface area contributed by atoms with Gasteiger partial charge in [0.25, 0.3) is 6.43 Å². The molecule has 1 aromatic carbocycles. The second-order valence-electron chi connectivity index (χ2n) is 3.05. The number of nitrogen functional groups attached to an aromatic ring is 1. The number of hydrogen-bond acceptors (Lipinski definition) is 1. The minimum absolute atomic E-state index is 0.0611. The number of aryl methyl sites for hydroxylation is 1. The van der Waals surface area contributed by atoms with E-state index in [1.165, 1.54) is 6.07 Å². The zero-order chi connectivity index (χ0) is 10.6. The van der Waals surface area contributed by atoms with Gasteiger partial charge in [-0.3, -0.25) is 0 Å². The van der Waals surface area contributed by atoms with Crippen LogP contribution in [0.3, 0.4) is 0 Å². The van der Waals surface area contributed by atoms with Crippen molar-refractivity contribution in [3.63, 3.8) is 0 Å². The molecule has 0 aliphatic rings. The van der Waals surface area contributed by atoms with E-state index in [4.69, 9.17) is 5.73 Å². The lowest BCUT2D eigenvalue weighted by Gasteiger charge is -2.08. The first-order valence-corrected chi connectivity index (χ1v) is 5.49. The number of alkyl halides is 3. The Hall–Kier alpha value is -0.640. The van der Waals surface area contributed by atoms with Crippen LogP contribution >= 0.6 is 15.9 Å². The van der Waals surface area contributed by atoms with Crippen LogP contribution in [0.1, 0.15) is 24.0 Å². The molecule has 0 saturated carbocycles. The SMILES string of the molecule is Nc1ccc(CCCBr)c(C(F)F)c1. The number of rotatable bonds is 4. The fourth-order valence-electron chi connectivity index (χ4n) is 1.30. The van der Waals surface area contributed by atoms with Crippen molar-refractivity contribution < 1.29 is 8.78 Å². The van der Waals surface area contributed by atoms with Gasteiger partial charge in [-0.2, -0.15) is 0 Å². The topological polar surface area (TPSA) is 26.0 Å². The molecule has 2 N–H and O–H groups in total. The van der Waals surface area contributed by atoms with Crippen molar-refractivity contribution in [2.24, 2.45) is 0 Å². The molecule has 0 radical (unpaired) electrons. The first kappa shape index (κ1) is 11.4. The molecule has 1 rings (SSSR count). The fourth-order valence-corrected chi connectivity index (χ4v) is 1.58. The Morgan fingerprint density at radius 2 is 2.07 bits per heavy atom. The van der Waals surface area contributed by atoms with Gasteiger partial charge in [0, 0.05) is 16.6 Å². The molecule has 0 aromatic heterocycles. The van der Waals surface area contributed by atoms with Gasteiger partial charge in [0.15, 0.2) is 0 Å². The summed E-state index contributed by atoms with van der Waals surface area (Å²) in [5.41, 5.74) is 6.59. The molecular formula is C10H12BrF2N. The molecule has 4 heteroatoms. The Bertz CT molecular complexity index is 302. The summed E-state index contributed by atoms with van der Waals surface area (Å²) in [6.07, 6.45) is -0.932. The van der Waals surface area contributed by atoms with Crippen LogP contribution in [-0.4, -0.2) is 5.33 Å². The Labute approximate surface area is 90.4 Å². The molecule has 1 aromatic rings. The van der Waals surface area contributed by atoms with E-state index in [1.807, 2.05) is 0 Å². The number of halogens is 3. The summed E-state index contributed by atoms with van der Waals surface area (Å²) in [5.74, 6) is 0. The van der Waals surface area contributed by atoms with Gasteiger partial charge in [0.2, 0.25) is 0 Å². The zero-order valence-electron chi connectivity index (χ0n) is 7.64. The van der Waals surface area contributed by atoms with Gasteiger partial charge in [-0.05, 0) is 30.5 Å². The second kappa shape index (κ2) is 5.29. The first-order chi connectivity index (χ1) is 6.65. The Balaban J connectivity index is 2.90. The van der Waals surface area contributed by atoms with Gasteiger partial charge in [0.1, 0.15) is 0 Å². The van der Waals surface area contributed by atoms with Gasteiger partial charge in [-0.1, -0.05) is 22.0 Å². The van der Waals surface area contributed by atoms with Gasteiger partial charge in [-0.25, -0.2) is 8.78 Å². The molecule has 0 atom stereocenters. The summed E-state index contributed by atoms with van der Waals surface area (Å²) in [6, 6.07) is 4.70. The summed E-state index contributed by atoms with van der Waals surface area (Å²) >= 11 is 3.27. The highest BCUT2D eigenvalue weighted by molar-refractivity contribution is 9.09. The predicted octanol–water partition coefficient (Wildman–Crippen LogP) is 3.53. The van der Waals surface area contributed by atoms with Crippen LogP contribution in [0.25, 0.3) is 0 Å². The van der Waals surface area contributed by atoms with Crippen LogP contribution in [0.5, 0.6) is 0 Å². The van der Waals surface area contributed by atoms with Crippen molar-refractivity contribution in [3.8, 4) is 0 Å². The average molecular weight is 264 g/mol. The minimum Gasteiger partial charge on any atom is -0.399 e. The van der Waals surface area contributed by atoms with Gasteiger partial charge >= 0.3 is 0 Å². The van der Waals surface area contributed by atoms with Crippen molar-refractivity contribution in [3.05, 3.63) is 29.3 Å². The first-order valence-electron chi connectivity index (χ1n) is 4.37. The highest BCUT2D eigenvalue weighted by atomic mass is 79.9. The summed E-state index contributed by atoms with van der Waals surface area (Å²) < 4.78 is 25.1. The molecular weight excluding hydrogens is 252 g/mol. The third kappa shape index (κ3) is 2.94. The van der Waals surface area contributed by atoms with Gasteiger partial charge in [0.05, 0.1) is 0 Å². The molecule has 0 bridgehead atoms. The van der Waals surface area contributed by atoms with E-state index in [9.17, 15) is 8.78 Å². The Morgan fingerprint density at radius 3 is 2.64 bits per heavy atom. The van der Waals surface area contributed by atoms with E-state index in [-0.39, 0.29) is 5.56 Å². The molecule has 0 aliphatic heterocycles. The molecule has 0 heterocycles. The molecule has 0 spiro atoms. The van der Waals surface area contributed by atoms with Crippen molar-refractivity contribution in [1.29, 1.82) is 0 Å². The molecule has 0 amide bonds. The molecule has 0 fully saturated rings. The van der Waals surface area contributed by atoms with Crippen LogP contribution in [0.4, 0.5) is 14.5 Å². The third-order valence-corrected chi connectivity index (χ3v) is 2.55. The van der Waals surface area contributed by atoms with Crippen LogP contribution in [0.15, 0.2) is 18.2 Å². The monoisotopic (exact) mass is 263 g/mol. The Kier molecular flexibility index (Phi) is 4.32. The van der Waals surface area contributed by atoms with E-state index in [0.717, 1.165) is 11.8 Å². The van der Waals surface area contributed by atoms with Gasteiger partial charge in [-0.15, -0.1) is 0 Å². The Morgan fingerprint density at radius 1 is 1.36 bits per heavy atom. The van der Waals surface area contributed by atoms with Crippen molar-refractivity contribution in [2.75, 3.05) is 11.1 Å². The maximum atomic E-state index is 12.6. The standard InChI is InChI=1S/C10H12BrF2N/c11-5-1-2-7-3-4-8(14)6-9(7)10(12)13/h3-4,6,10H,1-2,5,14H2. The van der Waals surface area contributed by atoms with E-state index < -0.39 is 6.43 Å². The second-order valence-corrected chi connectivity index (χ2v) is 3.84. The highest BCUT2D eigenvalue weighted by Gasteiger charge is 2.12. The minimum atomic E-state index is -2.44. The normalized spacial score (nSPS) is 10.9. The molecule has 0 aliphatic carbocycles.